The number of carbonyl (C=O) groups excluding carboxylic acids is 1. The van der Waals surface area contributed by atoms with Crippen molar-refractivity contribution in [2.75, 3.05) is 0 Å². The van der Waals surface area contributed by atoms with E-state index in [-0.39, 0.29) is 29.1 Å². The third-order valence-electron chi connectivity index (χ3n) is 4.86. The zero-order valence-corrected chi connectivity index (χ0v) is 16.9. The molecule has 1 aromatic heterocycles. The third-order valence-corrected chi connectivity index (χ3v) is 4.86. The first-order chi connectivity index (χ1) is 13.4. The second kappa shape index (κ2) is 8.38. The van der Waals surface area contributed by atoms with Crippen molar-refractivity contribution in [3.05, 3.63) is 75.7 Å². The number of nitrogens with zero attached hydrogens (tertiary/aromatic N) is 2. The molecular formula is C23H27N3O2. The van der Waals surface area contributed by atoms with Crippen LogP contribution in [0.5, 0.6) is 0 Å². The van der Waals surface area contributed by atoms with E-state index in [9.17, 15) is 9.59 Å². The fraction of sp³-hybridized carbons (Fsp3) is 0.348. The molecule has 2 aromatic carbocycles. The lowest BCUT2D eigenvalue weighted by Gasteiger charge is -2.16. The first-order valence-corrected chi connectivity index (χ1v) is 9.80. The van der Waals surface area contributed by atoms with Gasteiger partial charge in [0, 0.05) is 11.9 Å². The third kappa shape index (κ3) is 4.14. The maximum Gasteiger partial charge on any atom is 0.274 e. The van der Waals surface area contributed by atoms with Gasteiger partial charge in [0.1, 0.15) is 0 Å². The van der Waals surface area contributed by atoms with Gasteiger partial charge in [0.05, 0.1) is 11.4 Å². The van der Waals surface area contributed by atoms with Gasteiger partial charge >= 0.3 is 0 Å². The van der Waals surface area contributed by atoms with Crippen LogP contribution in [0.4, 0.5) is 0 Å². The van der Waals surface area contributed by atoms with Crippen LogP contribution in [0.15, 0.2) is 53.3 Å². The minimum atomic E-state index is -0.277. The van der Waals surface area contributed by atoms with Gasteiger partial charge < -0.3 is 5.32 Å². The second-order valence-corrected chi connectivity index (χ2v) is 7.57. The second-order valence-electron chi connectivity index (χ2n) is 7.57. The molecule has 0 saturated heterocycles. The lowest BCUT2D eigenvalue weighted by Crippen LogP contribution is -2.32. The largest absolute Gasteiger partial charge is 0.344 e. The van der Waals surface area contributed by atoms with Crippen molar-refractivity contribution in [1.82, 2.24) is 15.1 Å². The van der Waals surface area contributed by atoms with Crippen molar-refractivity contribution in [2.45, 2.75) is 46.7 Å². The van der Waals surface area contributed by atoms with E-state index in [4.69, 9.17) is 0 Å². The number of hydrogen-bond donors (Lipinski definition) is 1. The van der Waals surface area contributed by atoms with E-state index in [0.29, 0.717) is 17.3 Å². The van der Waals surface area contributed by atoms with Crippen LogP contribution >= 0.6 is 0 Å². The van der Waals surface area contributed by atoms with Gasteiger partial charge in [0.15, 0.2) is 5.69 Å². The highest BCUT2D eigenvalue weighted by Gasteiger charge is 2.19. The molecule has 0 aliphatic carbocycles. The molecule has 3 rings (SSSR count). The Bertz CT molecular complexity index is 1040. The summed E-state index contributed by atoms with van der Waals surface area (Å²) in [6, 6.07) is 15.2. The number of rotatable bonds is 6. The van der Waals surface area contributed by atoms with E-state index in [2.05, 4.69) is 29.5 Å². The van der Waals surface area contributed by atoms with E-state index in [1.807, 2.05) is 45.0 Å². The summed E-state index contributed by atoms with van der Waals surface area (Å²) in [4.78, 5) is 25.7. The molecule has 0 aliphatic rings. The number of hydrogen-bond acceptors (Lipinski definition) is 3. The minimum Gasteiger partial charge on any atom is -0.344 e. The lowest BCUT2D eigenvalue weighted by atomic mass is 10.0. The van der Waals surface area contributed by atoms with Crippen molar-refractivity contribution in [1.29, 1.82) is 0 Å². The van der Waals surface area contributed by atoms with E-state index >= 15 is 0 Å². The Balaban J connectivity index is 1.95. The van der Waals surface area contributed by atoms with E-state index in [1.165, 1.54) is 10.2 Å². The van der Waals surface area contributed by atoms with E-state index < -0.39 is 0 Å². The van der Waals surface area contributed by atoms with Crippen LogP contribution in [0, 0.1) is 5.92 Å². The van der Waals surface area contributed by atoms with Gasteiger partial charge in [-0.2, -0.15) is 5.10 Å². The van der Waals surface area contributed by atoms with Crippen molar-refractivity contribution >= 4 is 16.7 Å². The van der Waals surface area contributed by atoms with Crippen LogP contribution in [0.1, 0.15) is 55.4 Å². The van der Waals surface area contributed by atoms with Crippen LogP contribution < -0.4 is 10.9 Å². The predicted molar refractivity (Wildman–Crippen MR) is 113 cm³/mol. The molecule has 0 bridgehead atoms. The standard InChI is InChI=1S/C23H27N3O2/c1-5-17-10-12-18(13-11-17)16(4)24-22(27)21-19-8-6-7-9-20(19)23(28)26(25-21)14-15(2)3/h6-13,15-16H,5,14H2,1-4H3,(H,24,27). The molecule has 5 nitrogen and oxygen atoms in total. The van der Waals surface area contributed by atoms with Gasteiger partial charge in [-0.05, 0) is 36.5 Å². The molecule has 3 aromatic rings. The number of aryl methyl sites for hydroxylation is 1. The number of nitrogens with one attached hydrogen (secondary N) is 1. The summed E-state index contributed by atoms with van der Waals surface area (Å²) >= 11 is 0. The maximum atomic E-state index is 13.0. The molecule has 1 atom stereocenters. The van der Waals surface area contributed by atoms with Crippen molar-refractivity contribution in [3.63, 3.8) is 0 Å². The Morgan fingerprint density at radius 3 is 2.29 bits per heavy atom. The number of amides is 1. The van der Waals surface area contributed by atoms with Crippen molar-refractivity contribution < 1.29 is 4.79 Å². The normalized spacial score (nSPS) is 12.3. The highest BCUT2D eigenvalue weighted by molar-refractivity contribution is 6.04. The number of aromatic nitrogens is 2. The predicted octanol–water partition coefficient (Wildman–Crippen LogP) is 4.11. The first-order valence-electron chi connectivity index (χ1n) is 9.80. The highest BCUT2D eigenvalue weighted by atomic mass is 16.2. The van der Waals surface area contributed by atoms with Gasteiger partial charge in [-0.15, -0.1) is 0 Å². The van der Waals surface area contributed by atoms with E-state index in [1.54, 1.807) is 12.1 Å². The zero-order chi connectivity index (χ0) is 20.3. The molecule has 0 radical (unpaired) electrons. The Kier molecular flexibility index (Phi) is 5.93. The van der Waals surface area contributed by atoms with Crippen LogP contribution in [0.3, 0.4) is 0 Å². The molecule has 1 N–H and O–H groups in total. The van der Waals surface area contributed by atoms with Gasteiger partial charge in [0.2, 0.25) is 0 Å². The van der Waals surface area contributed by atoms with Crippen molar-refractivity contribution in [2.24, 2.45) is 5.92 Å². The number of benzene rings is 2. The Hall–Kier alpha value is -2.95. The quantitative estimate of drug-likeness (QED) is 0.703. The molecule has 1 unspecified atom stereocenters. The van der Waals surface area contributed by atoms with Crippen LogP contribution in [0.25, 0.3) is 10.8 Å². The van der Waals surface area contributed by atoms with Gasteiger partial charge in [-0.3, -0.25) is 9.59 Å². The Morgan fingerprint density at radius 1 is 1.04 bits per heavy atom. The molecule has 0 fully saturated rings. The van der Waals surface area contributed by atoms with Crippen LogP contribution in [-0.2, 0) is 13.0 Å². The fourth-order valence-corrected chi connectivity index (χ4v) is 3.26. The molecule has 28 heavy (non-hydrogen) atoms. The molecule has 1 amide bonds. The summed E-state index contributed by atoms with van der Waals surface area (Å²) in [6.45, 7) is 8.57. The highest BCUT2D eigenvalue weighted by Crippen LogP contribution is 2.17. The number of carbonyl (C=O) groups is 1. The molecule has 0 spiro atoms. The Morgan fingerprint density at radius 2 is 1.68 bits per heavy atom. The molecule has 0 aliphatic heterocycles. The fourth-order valence-electron chi connectivity index (χ4n) is 3.26. The minimum absolute atomic E-state index is 0.163. The molecular weight excluding hydrogens is 350 g/mol. The van der Waals surface area contributed by atoms with Crippen molar-refractivity contribution in [3.8, 4) is 0 Å². The maximum absolute atomic E-state index is 13.0. The topological polar surface area (TPSA) is 64.0 Å². The monoisotopic (exact) mass is 377 g/mol. The summed E-state index contributed by atoms with van der Waals surface area (Å²) in [5.41, 5.74) is 2.41. The van der Waals surface area contributed by atoms with Gasteiger partial charge in [-0.25, -0.2) is 4.68 Å². The SMILES string of the molecule is CCc1ccc(C(C)NC(=O)c2nn(CC(C)C)c(=O)c3ccccc23)cc1. The molecule has 1 heterocycles. The lowest BCUT2D eigenvalue weighted by molar-refractivity contribution is 0.0934. The smallest absolute Gasteiger partial charge is 0.274 e. The first kappa shape index (κ1) is 19.8. The summed E-state index contributed by atoms with van der Waals surface area (Å²) in [5.74, 6) is -0.0287. The average Bonchev–Trinajstić information content (AvgIpc) is 2.69. The Labute approximate surface area is 165 Å². The van der Waals surface area contributed by atoms with E-state index in [0.717, 1.165) is 12.0 Å². The summed E-state index contributed by atoms with van der Waals surface area (Å²) in [5, 5.41) is 8.53. The van der Waals surface area contributed by atoms with Gasteiger partial charge in [-0.1, -0.05) is 63.2 Å². The summed E-state index contributed by atoms with van der Waals surface area (Å²) < 4.78 is 1.41. The zero-order valence-electron chi connectivity index (χ0n) is 16.9. The molecule has 146 valence electrons. The summed E-state index contributed by atoms with van der Waals surface area (Å²) in [6.07, 6.45) is 0.980. The van der Waals surface area contributed by atoms with Crippen LogP contribution in [0.2, 0.25) is 0 Å². The average molecular weight is 377 g/mol. The van der Waals surface area contributed by atoms with Crippen LogP contribution in [-0.4, -0.2) is 15.7 Å². The summed E-state index contributed by atoms with van der Waals surface area (Å²) in [7, 11) is 0. The number of fused-ring (bicyclic) bond motifs is 1. The van der Waals surface area contributed by atoms with Gasteiger partial charge in [0.25, 0.3) is 11.5 Å². The molecule has 5 heteroatoms. The molecule has 0 saturated carbocycles.